The number of amides is 1. The number of Topliss-reactive ketones (excluding diaryl/α,β-unsaturated/α-hetero) is 1. The summed E-state index contributed by atoms with van der Waals surface area (Å²) in [4.78, 5) is 24.8. The summed E-state index contributed by atoms with van der Waals surface area (Å²) in [6, 6.07) is 6.54. The Bertz CT molecular complexity index is 1220. The predicted octanol–water partition coefficient (Wildman–Crippen LogP) is 3.11. The summed E-state index contributed by atoms with van der Waals surface area (Å²) in [6.45, 7) is 2.49. The Balaban J connectivity index is 1.85. The second-order valence-corrected chi connectivity index (χ2v) is 11.7. The Morgan fingerprint density at radius 1 is 1.03 bits per heavy atom. The van der Waals surface area contributed by atoms with E-state index in [0.717, 1.165) is 20.1 Å². The molecule has 1 fully saturated rings. The quantitative estimate of drug-likeness (QED) is 0.420. The molecule has 0 aliphatic carbocycles. The van der Waals surface area contributed by atoms with Gasteiger partial charge in [-0.1, -0.05) is 36.4 Å². The molecule has 3 atom stereocenters. The molecule has 1 amide bonds. The van der Waals surface area contributed by atoms with Gasteiger partial charge in [0.15, 0.2) is 15.6 Å². The van der Waals surface area contributed by atoms with Crippen LogP contribution in [-0.2, 0) is 19.4 Å². The number of sulfone groups is 1. The Hall–Kier alpha value is -2.83. The van der Waals surface area contributed by atoms with E-state index in [1.807, 2.05) is 0 Å². The molecule has 0 spiro atoms. The minimum Gasteiger partial charge on any atom is -0.344 e. The first-order valence-corrected chi connectivity index (χ1v) is 13.4. The van der Waals surface area contributed by atoms with Gasteiger partial charge in [-0.15, -0.1) is 0 Å². The molecule has 1 aliphatic rings. The molecule has 2 aromatic carbocycles. The van der Waals surface area contributed by atoms with Crippen LogP contribution in [-0.4, -0.2) is 63.4 Å². The Labute approximate surface area is 212 Å². The maximum absolute atomic E-state index is 14.5. The highest BCUT2D eigenvalue weighted by atomic mass is 32.2. The fraction of sp³-hybridized carbons (Fsp3) is 0.440. The summed E-state index contributed by atoms with van der Waals surface area (Å²) in [5, 5.41) is 7.44. The maximum Gasteiger partial charge on any atom is 0.407 e. The van der Waals surface area contributed by atoms with Gasteiger partial charge in [-0.2, -0.15) is 13.2 Å². The highest BCUT2D eigenvalue weighted by Gasteiger charge is 2.44. The standard InChI is InChI=1S/C25H29F4N3O4S/c1-24(2,26)12-19(23(34)32-20-13-30-14-21(20)33)31-22(25(27,28)29)17-6-4-15(5-7-17)16-8-10-18(11-9-16)37(3,35)36/h4-11,19-20,22,30-31H,12-14H2,1-3H3,(H,32,34)/t19-,20?,22-/m0/s1. The van der Waals surface area contributed by atoms with Gasteiger partial charge in [0.05, 0.1) is 17.5 Å². The maximum atomic E-state index is 14.5. The van der Waals surface area contributed by atoms with Gasteiger partial charge in [-0.25, -0.2) is 12.8 Å². The zero-order valence-electron chi connectivity index (χ0n) is 20.5. The van der Waals surface area contributed by atoms with Crippen molar-refractivity contribution < 1.29 is 35.6 Å². The summed E-state index contributed by atoms with van der Waals surface area (Å²) in [5.74, 6) is -1.20. The highest BCUT2D eigenvalue weighted by molar-refractivity contribution is 7.90. The average Bonchev–Trinajstić information content (AvgIpc) is 3.19. The Morgan fingerprint density at radius 2 is 1.57 bits per heavy atom. The molecule has 12 heteroatoms. The van der Waals surface area contributed by atoms with E-state index in [4.69, 9.17) is 0 Å². The van der Waals surface area contributed by atoms with Crippen LogP contribution in [0.3, 0.4) is 0 Å². The first-order valence-electron chi connectivity index (χ1n) is 11.5. The molecular formula is C25H29F4N3O4S. The Morgan fingerprint density at radius 3 is 2.00 bits per heavy atom. The van der Waals surface area contributed by atoms with Crippen molar-refractivity contribution in [1.29, 1.82) is 0 Å². The third-order valence-electron chi connectivity index (χ3n) is 5.91. The average molecular weight is 544 g/mol. The number of nitrogens with one attached hydrogen (secondary N) is 3. The van der Waals surface area contributed by atoms with E-state index in [9.17, 15) is 35.6 Å². The minimum absolute atomic E-state index is 0.0339. The lowest BCUT2D eigenvalue weighted by atomic mass is 9.96. The largest absolute Gasteiger partial charge is 0.407 e. The van der Waals surface area contributed by atoms with Gasteiger partial charge < -0.3 is 10.6 Å². The second-order valence-electron chi connectivity index (χ2n) is 9.69. The van der Waals surface area contributed by atoms with Crippen LogP contribution in [0.15, 0.2) is 53.4 Å². The number of halogens is 4. The molecule has 0 bridgehead atoms. The highest BCUT2D eigenvalue weighted by Crippen LogP contribution is 2.35. The molecule has 1 aliphatic heterocycles. The molecule has 1 unspecified atom stereocenters. The zero-order chi connectivity index (χ0) is 27.6. The molecular weight excluding hydrogens is 514 g/mol. The van der Waals surface area contributed by atoms with Crippen LogP contribution < -0.4 is 16.0 Å². The van der Waals surface area contributed by atoms with E-state index in [1.54, 1.807) is 12.1 Å². The van der Waals surface area contributed by atoms with E-state index in [1.165, 1.54) is 36.4 Å². The van der Waals surface area contributed by atoms with Crippen molar-refractivity contribution in [3.63, 3.8) is 0 Å². The van der Waals surface area contributed by atoms with Gasteiger partial charge in [0.1, 0.15) is 17.8 Å². The van der Waals surface area contributed by atoms with E-state index in [2.05, 4.69) is 16.0 Å². The van der Waals surface area contributed by atoms with E-state index in [0.29, 0.717) is 11.1 Å². The zero-order valence-corrected chi connectivity index (χ0v) is 21.3. The minimum atomic E-state index is -4.82. The van der Waals surface area contributed by atoms with Crippen molar-refractivity contribution >= 4 is 21.5 Å². The van der Waals surface area contributed by atoms with Gasteiger partial charge >= 0.3 is 6.18 Å². The number of alkyl halides is 4. The van der Waals surface area contributed by atoms with Crippen molar-refractivity contribution in [2.75, 3.05) is 19.3 Å². The molecule has 202 valence electrons. The van der Waals surface area contributed by atoms with Crippen LogP contribution in [0.2, 0.25) is 0 Å². The first-order chi connectivity index (χ1) is 17.0. The normalized spacial score (nSPS) is 18.5. The molecule has 37 heavy (non-hydrogen) atoms. The van der Waals surface area contributed by atoms with Crippen LogP contribution >= 0.6 is 0 Å². The number of carbonyl (C=O) groups is 2. The van der Waals surface area contributed by atoms with Crippen molar-refractivity contribution in [2.45, 2.75) is 55.1 Å². The van der Waals surface area contributed by atoms with E-state index in [-0.39, 0.29) is 29.3 Å². The number of ketones is 1. The van der Waals surface area contributed by atoms with Gasteiger partial charge in [-0.05, 0) is 42.7 Å². The Kier molecular flexibility index (Phi) is 8.45. The fourth-order valence-electron chi connectivity index (χ4n) is 4.04. The van der Waals surface area contributed by atoms with Crippen molar-refractivity contribution in [1.82, 2.24) is 16.0 Å². The number of hydrogen-bond acceptors (Lipinski definition) is 6. The summed E-state index contributed by atoms with van der Waals surface area (Å²) in [6.07, 6.45) is -4.30. The van der Waals surface area contributed by atoms with E-state index < -0.39 is 52.1 Å². The van der Waals surface area contributed by atoms with Gasteiger partial charge in [0.2, 0.25) is 5.91 Å². The van der Waals surface area contributed by atoms with Crippen LogP contribution in [0.1, 0.15) is 31.9 Å². The monoisotopic (exact) mass is 543 g/mol. The number of benzene rings is 2. The topological polar surface area (TPSA) is 104 Å². The molecule has 0 radical (unpaired) electrons. The van der Waals surface area contributed by atoms with Crippen molar-refractivity contribution in [3.8, 4) is 11.1 Å². The number of rotatable bonds is 9. The summed E-state index contributed by atoms with van der Waals surface area (Å²) < 4.78 is 80.1. The van der Waals surface area contributed by atoms with Crippen LogP contribution in [0.4, 0.5) is 17.6 Å². The van der Waals surface area contributed by atoms with Gasteiger partial charge in [-0.3, -0.25) is 14.9 Å². The molecule has 7 nitrogen and oxygen atoms in total. The second kappa shape index (κ2) is 10.9. The molecule has 0 aromatic heterocycles. The molecule has 3 rings (SSSR count). The number of carbonyl (C=O) groups excluding carboxylic acids is 2. The van der Waals surface area contributed by atoms with Crippen LogP contribution in [0, 0.1) is 0 Å². The summed E-state index contributed by atoms with van der Waals surface area (Å²) in [7, 11) is -3.39. The van der Waals surface area contributed by atoms with Crippen LogP contribution in [0.5, 0.6) is 0 Å². The van der Waals surface area contributed by atoms with Gasteiger partial charge in [0, 0.05) is 19.2 Å². The van der Waals surface area contributed by atoms with Crippen LogP contribution in [0.25, 0.3) is 11.1 Å². The van der Waals surface area contributed by atoms with Gasteiger partial charge in [0.25, 0.3) is 0 Å². The summed E-state index contributed by atoms with van der Waals surface area (Å²) >= 11 is 0. The molecule has 2 aromatic rings. The molecule has 0 saturated carbocycles. The van der Waals surface area contributed by atoms with Crippen molar-refractivity contribution in [3.05, 3.63) is 54.1 Å². The smallest absolute Gasteiger partial charge is 0.344 e. The van der Waals surface area contributed by atoms with Crippen molar-refractivity contribution in [2.24, 2.45) is 0 Å². The first kappa shape index (κ1) is 28.7. The van der Waals surface area contributed by atoms with E-state index >= 15 is 0 Å². The molecule has 1 heterocycles. The summed E-state index contributed by atoms with van der Waals surface area (Å²) in [5.41, 5.74) is -1.01. The fourth-order valence-corrected chi connectivity index (χ4v) is 4.67. The molecule has 1 saturated heterocycles. The lowest BCUT2D eigenvalue weighted by Crippen LogP contribution is -2.54. The SMILES string of the molecule is CC(C)(F)C[C@H](N[C@@H](c1ccc(-c2ccc(S(C)(=O)=O)cc2)cc1)C(F)(F)F)C(=O)NC1CNCC1=O. The lowest BCUT2D eigenvalue weighted by molar-refractivity contribution is -0.161. The lowest BCUT2D eigenvalue weighted by Gasteiger charge is -2.30. The number of hydrogen-bond donors (Lipinski definition) is 3. The predicted molar refractivity (Wildman–Crippen MR) is 130 cm³/mol. The third kappa shape index (κ3) is 7.83. The molecule has 3 N–H and O–H groups in total. The third-order valence-corrected chi connectivity index (χ3v) is 7.04.